The molecule has 1 aliphatic heterocycles. The highest BCUT2D eigenvalue weighted by Gasteiger charge is 2.26. The second-order valence-electron chi connectivity index (χ2n) is 6.67. The molecule has 3 aromatic rings. The maximum Gasteiger partial charge on any atom is 0.348 e. The van der Waals surface area contributed by atoms with Crippen LogP contribution in [-0.4, -0.2) is 23.0 Å². The minimum atomic E-state index is -0.618. The number of para-hydroxylation sites is 1. The average Bonchev–Trinajstić information content (AvgIpc) is 2.87. The number of ether oxygens (including phenoxy) is 1. The van der Waals surface area contributed by atoms with E-state index in [1.807, 2.05) is 30.3 Å². The molecule has 0 aliphatic carbocycles. The van der Waals surface area contributed by atoms with Gasteiger partial charge in [0.25, 0.3) is 0 Å². The first-order valence-electron chi connectivity index (χ1n) is 9.00. The van der Waals surface area contributed by atoms with Gasteiger partial charge in [-0.15, -0.1) is 11.8 Å². The predicted octanol–water partition coefficient (Wildman–Crippen LogP) is 4.73. The van der Waals surface area contributed by atoms with Crippen LogP contribution in [0, 0.1) is 6.92 Å². The quantitative estimate of drug-likeness (QED) is 0.650. The summed E-state index contributed by atoms with van der Waals surface area (Å²) in [6, 6.07) is 14.2. The van der Waals surface area contributed by atoms with Gasteiger partial charge in [-0.3, -0.25) is 4.99 Å². The smallest absolute Gasteiger partial charge is 0.348 e. The summed E-state index contributed by atoms with van der Waals surface area (Å²) in [6.45, 7) is 1.61. The highest BCUT2D eigenvalue weighted by atomic mass is 32.2. The molecule has 6 nitrogen and oxygen atoms in total. The van der Waals surface area contributed by atoms with Crippen LogP contribution < -0.4 is 10.4 Å². The minimum Gasteiger partial charge on any atom is -0.507 e. The number of methoxy groups -OCH3 is 1. The number of hydrogen-bond donors (Lipinski definition) is 2. The second-order valence-corrected chi connectivity index (χ2v) is 7.92. The number of nitrogens with zero attached hydrogens (tertiary/aromatic N) is 1. The molecule has 4 rings (SSSR count). The zero-order valence-corrected chi connectivity index (χ0v) is 16.7. The van der Waals surface area contributed by atoms with Crippen molar-refractivity contribution in [3.05, 3.63) is 75.8 Å². The molecule has 1 aromatic heterocycles. The van der Waals surface area contributed by atoms with E-state index >= 15 is 0 Å². The Labute approximate surface area is 171 Å². The normalized spacial score (nSPS) is 15.9. The Kier molecular flexibility index (Phi) is 5.07. The summed E-state index contributed by atoms with van der Waals surface area (Å²) in [4.78, 5) is 18.2. The maximum absolute atomic E-state index is 12.5. The van der Waals surface area contributed by atoms with Gasteiger partial charge < -0.3 is 19.4 Å². The first-order chi connectivity index (χ1) is 14.0. The van der Waals surface area contributed by atoms with Crippen molar-refractivity contribution >= 4 is 23.2 Å². The molecule has 7 heteroatoms. The van der Waals surface area contributed by atoms with E-state index in [0.717, 1.165) is 16.1 Å². The summed E-state index contributed by atoms with van der Waals surface area (Å²) >= 11 is 1.60. The molecule has 0 spiro atoms. The Bertz CT molecular complexity index is 1170. The van der Waals surface area contributed by atoms with Crippen LogP contribution in [0.25, 0.3) is 0 Å². The van der Waals surface area contributed by atoms with E-state index in [-0.39, 0.29) is 22.3 Å². The molecule has 0 radical (unpaired) electrons. The van der Waals surface area contributed by atoms with E-state index in [0.29, 0.717) is 23.6 Å². The van der Waals surface area contributed by atoms with Gasteiger partial charge in [0, 0.05) is 22.6 Å². The summed E-state index contributed by atoms with van der Waals surface area (Å²) in [5.41, 5.74) is 1.53. The lowest BCUT2D eigenvalue weighted by molar-refractivity contribution is 0.373. The van der Waals surface area contributed by atoms with Gasteiger partial charge in [-0.1, -0.05) is 18.2 Å². The van der Waals surface area contributed by atoms with Crippen LogP contribution in [0.4, 0.5) is 5.69 Å². The molecule has 1 atom stereocenters. The molecule has 0 amide bonds. The van der Waals surface area contributed by atoms with Gasteiger partial charge in [0.15, 0.2) is 11.5 Å². The minimum absolute atomic E-state index is 0.0565. The number of rotatable bonds is 3. The SMILES string of the molecule is COc1cc([C@H]2CC(c3c(O)cc(C)oc3=O)=Nc3ccccc3S2)ccc1O. The van der Waals surface area contributed by atoms with E-state index in [2.05, 4.69) is 0 Å². The molecule has 148 valence electrons. The Morgan fingerprint density at radius 1 is 1.14 bits per heavy atom. The Morgan fingerprint density at radius 3 is 2.69 bits per heavy atom. The van der Waals surface area contributed by atoms with Gasteiger partial charge in [0.05, 0.1) is 18.5 Å². The predicted molar refractivity (Wildman–Crippen MR) is 112 cm³/mol. The largest absolute Gasteiger partial charge is 0.507 e. The number of phenolic OH excluding ortho intramolecular Hbond substituents is 1. The molecule has 2 aromatic carbocycles. The Balaban J connectivity index is 1.86. The van der Waals surface area contributed by atoms with E-state index in [9.17, 15) is 15.0 Å². The molecule has 0 bridgehead atoms. The molecule has 0 unspecified atom stereocenters. The van der Waals surface area contributed by atoms with E-state index in [1.165, 1.54) is 13.2 Å². The maximum atomic E-state index is 12.5. The van der Waals surface area contributed by atoms with Crippen LogP contribution in [0.5, 0.6) is 17.2 Å². The van der Waals surface area contributed by atoms with Crippen molar-refractivity contribution in [3.63, 3.8) is 0 Å². The summed E-state index contributed by atoms with van der Waals surface area (Å²) in [6.07, 6.45) is 0.384. The van der Waals surface area contributed by atoms with Gasteiger partial charge in [0.1, 0.15) is 17.1 Å². The number of phenols is 1. The van der Waals surface area contributed by atoms with Gasteiger partial charge in [-0.2, -0.15) is 0 Å². The lowest BCUT2D eigenvalue weighted by Gasteiger charge is -2.17. The molecule has 0 fully saturated rings. The third-order valence-corrected chi connectivity index (χ3v) is 6.01. The van der Waals surface area contributed by atoms with E-state index in [1.54, 1.807) is 30.8 Å². The molecule has 2 heterocycles. The monoisotopic (exact) mass is 409 g/mol. The summed E-state index contributed by atoms with van der Waals surface area (Å²) < 4.78 is 10.5. The van der Waals surface area contributed by atoms with Crippen LogP contribution in [0.3, 0.4) is 0 Å². The van der Waals surface area contributed by atoms with Crippen molar-refractivity contribution in [1.82, 2.24) is 0 Å². The average molecular weight is 409 g/mol. The van der Waals surface area contributed by atoms with Crippen molar-refractivity contribution in [2.45, 2.75) is 23.5 Å². The number of benzene rings is 2. The zero-order chi connectivity index (χ0) is 20.5. The standard InChI is InChI=1S/C22H19NO5S/c1-12-9-17(25)21(22(26)28-12)15-11-20(13-7-8-16(24)18(10-13)27-2)29-19-6-4-3-5-14(19)23-15/h3-10,20,24-25H,11H2,1-2H3/t20-/m1/s1. The van der Waals surface area contributed by atoms with E-state index in [4.69, 9.17) is 14.1 Å². The molecule has 2 N–H and O–H groups in total. The Morgan fingerprint density at radius 2 is 1.93 bits per heavy atom. The van der Waals surface area contributed by atoms with Crippen LogP contribution in [0.1, 0.15) is 28.6 Å². The fourth-order valence-electron chi connectivity index (χ4n) is 3.31. The first-order valence-corrected chi connectivity index (χ1v) is 9.88. The highest BCUT2D eigenvalue weighted by molar-refractivity contribution is 7.99. The fraction of sp³-hybridized carbons (Fsp3) is 0.182. The van der Waals surface area contributed by atoms with Crippen LogP contribution in [0.2, 0.25) is 0 Å². The van der Waals surface area contributed by atoms with Crippen molar-refractivity contribution in [2.24, 2.45) is 4.99 Å². The first kappa shape index (κ1) is 19.1. The van der Waals surface area contributed by atoms with E-state index < -0.39 is 5.63 Å². The second kappa shape index (κ2) is 7.67. The summed E-state index contributed by atoms with van der Waals surface area (Å²) in [5.74, 6) is 0.613. The van der Waals surface area contributed by atoms with Crippen LogP contribution >= 0.6 is 11.8 Å². The van der Waals surface area contributed by atoms with Crippen molar-refractivity contribution in [2.75, 3.05) is 7.11 Å². The molecular formula is C22H19NO5S. The summed E-state index contributed by atoms with van der Waals surface area (Å²) in [7, 11) is 1.50. The number of aliphatic imine (C=N–C) groups is 1. The fourth-order valence-corrected chi connectivity index (χ4v) is 4.53. The number of fused-ring (bicyclic) bond motifs is 1. The van der Waals surface area contributed by atoms with Gasteiger partial charge in [0.2, 0.25) is 0 Å². The van der Waals surface area contributed by atoms with Crippen LogP contribution in [-0.2, 0) is 0 Å². The number of hydrogen-bond acceptors (Lipinski definition) is 7. The third-order valence-electron chi connectivity index (χ3n) is 4.69. The lowest BCUT2D eigenvalue weighted by atomic mass is 10.0. The molecular weight excluding hydrogens is 390 g/mol. The third kappa shape index (κ3) is 3.73. The topological polar surface area (TPSA) is 92.3 Å². The van der Waals surface area contributed by atoms with Gasteiger partial charge >= 0.3 is 5.63 Å². The van der Waals surface area contributed by atoms with Gasteiger partial charge in [-0.25, -0.2) is 4.79 Å². The Hall–Kier alpha value is -3.19. The van der Waals surface area contributed by atoms with Crippen molar-refractivity contribution in [1.29, 1.82) is 0 Å². The van der Waals surface area contributed by atoms with Crippen molar-refractivity contribution in [3.8, 4) is 17.2 Å². The molecule has 1 aliphatic rings. The summed E-state index contributed by atoms with van der Waals surface area (Å²) in [5, 5.41) is 20.3. The highest BCUT2D eigenvalue weighted by Crippen LogP contribution is 2.47. The zero-order valence-electron chi connectivity index (χ0n) is 15.9. The number of thioether (sulfide) groups is 1. The molecule has 29 heavy (non-hydrogen) atoms. The van der Waals surface area contributed by atoms with Crippen molar-refractivity contribution < 1.29 is 19.4 Å². The van der Waals surface area contributed by atoms with Crippen LogP contribution in [0.15, 0.2) is 67.6 Å². The number of aromatic hydroxyl groups is 2. The molecule has 0 saturated heterocycles. The number of aryl methyl sites for hydroxylation is 1. The lowest BCUT2D eigenvalue weighted by Crippen LogP contribution is -2.17. The molecule has 0 saturated carbocycles. The van der Waals surface area contributed by atoms with Gasteiger partial charge in [-0.05, 0) is 36.8 Å².